The Hall–Kier alpha value is -1.20. The Morgan fingerprint density at radius 2 is 1.96 bits per heavy atom. The largest absolute Gasteiger partial charge is 0.354 e. The lowest BCUT2D eigenvalue weighted by atomic mass is 9.89. The van der Waals surface area contributed by atoms with Gasteiger partial charge in [0.05, 0.1) is 0 Å². The summed E-state index contributed by atoms with van der Waals surface area (Å²) in [5.41, 5.74) is 1.53. The van der Waals surface area contributed by atoms with Gasteiger partial charge in [0.25, 0.3) is 0 Å². The Morgan fingerprint density at radius 1 is 1.22 bits per heavy atom. The fourth-order valence-electron chi connectivity index (χ4n) is 3.67. The highest BCUT2D eigenvalue weighted by Crippen LogP contribution is 2.26. The summed E-state index contributed by atoms with van der Waals surface area (Å²) < 4.78 is 0. The lowest BCUT2D eigenvalue weighted by molar-refractivity contribution is 0.169. The molecule has 0 aliphatic carbocycles. The molecule has 0 bridgehead atoms. The minimum atomic E-state index is 0.379. The highest BCUT2D eigenvalue weighted by Gasteiger charge is 2.32. The van der Waals surface area contributed by atoms with Crippen molar-refractivity contribution >= 4 is 5.82 Å². The number of aryl methyl sites for hydroxylation is 1. The predicted octanol–water partition coefficient (Wildman–Crippen LogP) is 2.03. The zero-order valence-electron chi connectivity index (χ0n) is 15.1. The van der Waals surface area contributed by atoms with Gasteiger partial charge in [0.1, 0.15) is 11.6 Å². The average molecular weight is 317 g/mol. The number of nitrogens with one attached hydrogen (secondary N) is 1. The summed E-state index contributed by atoms with van der Waals surface area (Å²) >= 11 is 0. The van der Waals surface area contributed by atoms with Crippen molar-refractivity contribution in [1.82, 2.24) is 20.2 Å². The van der Waals surface area contributed by atoms with Crippen LogP contribution in [0.15, 0.2) is 6.07 Å². The Morgan fingerprint density at radius 3 is 2.57 bits per heavy atom. The third-order valence-corrected chi connectivity index (χ3v) is 5.13. The number of anilines is 1. The van der Waals surface area contributed by atoms with Crippen molar-refractivity contribution in [1.29, 1.82) is 0 Å². The Kier molecular flexibility index (Phi) is 4.87. The molecule has 5 nitrogen and oxygen atoms in total. The van der Waals surface area contributed by atoms with Crippen molar-refractivity contribution < 1.29 is 0 Å². The molecular weight excluding hydrogens is 286 g/mol. The van der Waals surface area contributed by atoms with E-state index in [9.17, 15) is 0 Å². The van der Waals surface area contributed by atoms with Crippen LogP contribution in [0.5, 0.6) is 0 Å². The van der Waals surface area contributed by atoms with Gasteiger partial charge in [0.15, 0.2) is 0 Å². The molecule has 1 unspecified atom stereocenters. The summed E-state index contributed by atoms with van der Waals surface area (Å²) in [6, 6.07) is 2.13. The standard InChI is InChI=1S/C18H31N5/c1-14(2)17-20-15(3)11-16(21-17)23-9-7-22(8-10-23)13-18(4)5-6-19-12-18/h11,14,19H,5-10,12-13H2,1-4H3. The van der Waals surface area contributed by atoms with E-state index in [1.807, 2.05) is 0 Å². The van der Waals surface area contributed by atoms with Crippen LogP contribution in [0.25, 0.3) is 0 Å². The maximum Gasteiger partial charge on any atom is 0.133 e. The van der Waals surface area contributed by atoms with Gasteiger partial charge >= 0.3 is 0 Å². The first-order valence-corrected chi connectivity index (χ1v) is 8.99. The van der Waals surface area contributed by atoms with Crippen molar-refractivity contribution in [3.05, 3.63) is 17.6 Å². The molecule has 2 saturated heterocycles. The van der Waals surface area contributed by atoms with Crippen LogP contribution in [0.3, 0.4) is 0 Å². The zero-order chi connectivity index (χ0) is 16.4. The van der Waals surface area contributed by atoms with Crippen LogP contribution < -0.4 is 10.2 Å². The van der Waals surface area contributed by atoms with E-state index in [1.54, 1.807) is 0 Å². The first-order valence-electron chi connectivity index (χ1n) is 8.99. The summed E-state index contributed by atoms with van der Waals surface area (Å²) in [6.07, 6.45) is 1.30. The van der Waals surface area contributed by atoms with E-state index in [-0.39, 0.29) is 0 Å². The highest BCUT2D eigenvalue weighted by molar-refractivity contribution is 5.40. The zero-order valence-corrected chi connectivity index (χ0v) is 15.1. The topological polar surface area (TPSA) is 44.3 Å². The summed E-state index contributed by atoms with van der Waals surface area (Å²) in [4.78, 5) is 14.4. The molecule has 5 heteroatoms. The van der Waals surface area contributed by atoms with Gasteiger partial charge in [-0.2, -0.15) is 0 Å². The number of nitrogens with zero attached hydrogens (tertiary/aromatic N) is 4. The number of piperazine rings is 1. The lowest BCUT2D eigenvalue weighted by Crippen LogP contribution is -2.50. The number of aromatic nitrogens is 2. The first-order chi connectivity index (χ1) is 11.0. The van der Waals surface area contributed by atoms with Gasteiger partial charge in [-0.3, -0.25) is 4.90 Å². The fourth-order valence-corrected chi connectivity index (χ4v) is 3.67. The van der Waals surface area contributed by atoms with Crippen LogP contribution in [-0.4, -0.2) is 60.7 Å². The third kappa shape index (κ3) is 4.01. The summed E-state index contributed by atoms with van der Waals surface area (Å²) in [5.74, 6) is 2.45. The average Bonchev–Trinajstić information content (AvgIpc) is 2.93. The second-order valence-electron chi connectivity index (χ2n) is 7.88. The van der Waals surface area contributed by atoms with Crippen molar-refractivity contribution in [2.24, 2.45) is 5.41 Å². The van der Waals surface area contributed by atoms with Crippen molar-refractivity contribution in [2.45, 2.75) is 40.0 Å². The molecule has 2 aliphatic rings. The van der Waals surface area contributed by atoms with Crippen LogP contribution in [0.2, 0.25) is 0 Å². The van der Waals surface area contributed by atoms with Crippen molar-refractivity contribution in [3.63, 3.8) is 0 Å². The van der Waals surface area contributed by atoms with Crippen LogP contribution in [0.4, 0.5) is 5.82 Å². The smallest absolute Gasteiger partial charge is 0.133 e. The molecule has 23 heavy (non-hydrogen) atoms. The fraction of sp³-hybridized carbons (Fsp3) is 0.778. The Bertz CT molecular complexity index is 528. The third-order valence-electron chi connectivity index (χ3n) is 5.13. The predicted molar refractivity (Wildman–Crippen MR) is 95.1 cm³/mol. The van der Waals surface area contributed by atoms with Gasteiger partial charge in [-0.05, 0) is 25.3 Å². The molecule has 2 aliphatic heterocycles. The van der Waals surface area contributed by atoms with Crippen molar-refractivity contribution in [3.8, 4) is 0 Å². The maximum atomic E-state index is 4.79. The molecular formula is C18H31N5. The van der Waals surface area contributed by atoms with Gasteiger partial charge in [-0.15, -0.1) is 0 Å². The molecule has 2 fully saturated rings. The molecule has 1 N–H and O–H groups in total. The van der Waals surface area contributed by atoms with Crippen LogP contribution in [0.1, 0.15) is 44.6 Å². The van der Waals surface area contributed by atoms with Gasteiger partial charge in [0, 0.05) is 56.9 Å². The Labute approximate surface area is 140 Å². The van der Waals surface area contributed by atoms with Crippen LogP contribution in [-0.2, 0) is 0 Å². The molecule has 3 rings (SSSR count). The van der Waals surface area contributed by atoms with E-state index in [0.717, 1.165) is 50.1 Å². The highest BCUT2D eigenvalue weighted by atomic mass is 15.3. The van der Waals surface area contributed by atoms with E-state index in [2.05, 4.69) is 53.9 Å². The number of rotatable bonds is 4. The molecule has 1 aromatic heterocycles. The van der Waals surface area contributed by atoms with Gasteiger partial charge in [-0.25, -0.2) is 9.97 Å². The number of hydrogen-bond acceptors (Lipinski definition) is 5. The molecule has 0 spiro atoms. The number of hydrogen-bond donors (Lipinski definition) is 1. The Balaban J connectivity index is 1.60. The SMILES string of the molecule is Cc1cc(N2CCN(CC3(C)CCNC3)CC2)nc(C(C)C)n1. The molecule has 0 radical (unpaired) electrons. The van der Waals surface area contributed by atoms with Gasteiger partial charge in [-0.1, -0.05) is 20.8 Å². The summed E-state index contributed by atoms with van der Waals surface area (Å²) in [6.45, 7) is 16.8. The van der Waals surface area contributed by atoms with Gasteiger partial charge in [0.2, 0.25) is 0 Å². The molecule has 1 aromatic rings. The monoisotopic (exact) mass is 317 g/mol. The van der Waals surface area contributed by atoms with E-state index in [0.29, 0.717) is 11.3 Å². The first kappa shape index (κ1) is 16.7. The molecule has 0 saturated carbocycles. The van der Waals surface area contributed by atoms with Crippen LogP contribution in [0, 0.1) is 12.3 Å². The normalized spacial score (nSPS) is 26.2. The van der Waals surface area contributed by atoms with E-state index >= 15 is 0 Å². The molecule has 3 heterocycles. The van der Waals surface area contributed by atoms with Crippen LogP contribution >= 0.6 is 0 Å². The van der Waals surface area contributed by atoms with E-state index in [1.165, 1.54) is 19.5 Å². The summed E-state index contributed by atoms with van der Waals surface area (Å²) in [5, 5.41) is 3.51. The van der Waals surface area contributed by atoms with Gasteiger partial charge < -0.3 is 10.2 Å². The summed E-state index contributed by atoms with van der Waals surface area (Å²) in [7, 11) is 0. The second kappa shape index (κ2) is 6.73. The molecule has 1 atom stereocenters. The van der Waals surface area contributed by atoms with Crippen molar-refractivity contribution in [2.75, 3.05) is 50.7 Å². The van der Waals surface area contributed by atoms with E-state index < -0.39 is 0 Å². The minimum Gasteiger partial charge on any atom is -0.354 e. The molecule has 0 aromatic carbocycles. The quantitative estimate of drug-likeness (QED) is 0.920. The van der Waals surface area contributed by atoms with E-state index in [4.69, 9.17) is 4.98 Å². The second-order valence-corrected chi connectivity index (χ2v) is 7.88. The molecule has 128 valence electrons. The maximum absolute atomic E-state index is 4.79. The molecule has 0 amide bonds. The minimum absolute atomic E-state index is 0.379. The lowest BCUT2D eigenvalue weighted by Gasteiger charge is -2.39.